The third-order valence-electron chi connectivity index (χ3n) is 4.88. The lowest BCUT2D eigenvalue weighted by Gasteiger charge is -2.19. The predicted octanol–water partition coefficient (Wildman–Crippen LogP) is 4.25. The first-order valence-electron chi connectivity index (χ1n) is 9.51. The van der Waals surface area contributed by atoms with E-state index in [1.807, 2.05) is 0 Å². The maximum absolute atomic E-state index is 13.5. The van der Waals surface area contributed by atoms with Gasteiger partial charge in [-0.3, -0.25) is 14.4 Å². The predicted molar refractivity (Wildman–Crippen MR) is 111 cm³/mol. The number of carbonyl (C=O) groups is 3. The summed E-state index contributed by atoms with van der Waals surface area (Å²) in [5.41, 5.74) is 1.07. The third kappa shape index (κ3) is 4.29. The molecule has 160 valence electrons. The van der Waals surface area contributed by atoms with Gasteiger partial charge in [0.1, 0.15) is 5.82 Å². The van der Waals surface area contributed by atoms with Crippen molar-refractivity contribution in [2.75, 3.05) is 5.32 Å². The summed E-state index contributed by atoms with van der Waals surface area (Å²) >= 11 is 0. The van der Waals surface area contributed by atoms with Gasteiger partial charge in [-0.2, -0.15) is 0 Å². The minimum atomic E-state index is -1.11. The molecule has 0 atom stereocenters. The van der Waals surface area contributed by atoms with Crippen molar-refractivity contribution in [3.63, 3.8) is 0 Å². The minimum Gasteiger partial charge on any atom is -0.348 e. The van der Waals surface area contributed by atoms with Gasteiger partial charge >= 0.3 is 0 Å². The molecule has 4 rings (SSSR count). The molecule has 2 N–H and O–H groups in total. The molecule has 0 bridgehead atoms. The Balaban J connectivity index is 1.57. The van der Waals surface area contributed by atoms with Crippen LogP contribution in [0.3, 0.4) is 0 Å². The van der Waals surface area contributed by atoms with Crippen molar-refractivity contribution in [3.05, 3.63) is 106 Å². The average molecular weight is 436 g/mol. The van der Waals surface area contributed by atoms with Crippen LogP contribution in [-0.2, 0) is 11.3 Å². The molecule has 32 heavy (non-hydrogen) atoms. The second kappa shape index (κ2) is 8.50. The summed E-state index contributed by atoms with van der Waals surface area (Å²) in [7, 11) is 0. The van der Waals surface area contributed by atoms with Gasteiger partial charge < -0.3 is 10.6 Å². The van der Waals surface area contributed by atoms with E-state index in [1.54, 1.807) is 0 Å². The second-order valence-corrected chi connectivity index (χ2v) is 7.08. The fraction of sp³-hybridized carbons (Fsp3) is 0.0417. The Kier molecular flexibility index (Phi) is 5.59. The summed E-state index contributed by atoms with van der Waals surface area (Å²) in [4.78, 5) is 37.8. The van der Waals surface area contributed by atoms with Crippen molar-refractivity contribution < 1.29 is 27.6 Å². The Morgan fingerprint density at radius 2 is 1.66 bits per heavy atom. The van der Waals surface area contributed by atoms with Crippen LogP contribution >= 0.6 is 0 Å². The van der Waals surface area contributed by atoms with Gasteiger partial charge in [0, 0.05) is 17.7 Å². The van der Waals surface area contributed by atoms with Gasteiger partial charge in [-0.1, -0.05) is 18.2 Å². The monoisotopic (exact) mass is 436 g/mol. The number of amides is 2. The minimum absolute atomic E-state index is 0.0906. The van der Waals surface area contributed by atoms with Crippen LogP contribution in [0.4, 0.5) is 18.9 Å². The second-order valence-electron chi connectivity index (χ2n) is 7.08. The van der Waals surface area contributed by atoms with E-state index >= 15 is 0 Å². The molecule has 0 radical (unpaired) electrons. The smallest absolute Gasteiger partial charge is 0.259 e. The van der Waals surface area contributed by atoms with Crippen LogP contribution in [0.5, 0.6) is 0 Å². The molecule has 0 saturated carbocycles. The fourth-order valence-corrected chi connectivity index (χ4v) is 3.21. The van der Waals surface area contributed by atoms with Gasteiger partial charge in [0.25, 0.3) is 11.8 Å². The molecule has 5 nitrogen and oxygen atoms in total. The number of rotatable bonds is 4. The highest BCUT2D eigenvalue weighted by atomic mass is 19.2. The van der Waals surface area contributed by atoms with E-state index in [4.69, 9.17) is 0 Å². The van der Waals surface area contributed by atoms with Gasteiger partial charge in [0.05, 0.1) is 11.3 Å². The molecule has 0 aliphatic carbocycles. The highest BCUT2D eigenvalue weighted by Crippen LogP contribution is 2.28. The van der Waals surface area contributed by atoms with Crippen molar-refractivity contribution >= 4 is 29.4 Å². The maximum Gasteiger partial charge on any atom is 0.259 e. The van der Waals surface area contributed by atoms with E-state index in [0.29, 0.717) is 5.56 Å². The number of halogens is 3. The summed E-state index contributed by atoms with van der Waals surface area (Å²) in [6.45, 7) is 0.155. The van der Waals surface area contributed by atoms with Crippen molar-refractivity contribution in [2.24, 2.45) is 0 Å². The van der Waals surface area contributed by atoms with Gasteiger partial charge in [-0.15, -0.1) is 0 Å². The molecular formula is C24H15F3N2O3. The molecule has 0 saturated heterocycles. The van der Waals surface area contributed by atoms with E-state index in [9.17, 15) is 27.6 Å². The number of benzene rings is 3. The average Bonchev–Trinajstić information content (AvgIpc) is 2.78. The molecule has 0 spiro atoms. The topological polar surface area (TPSA) is 75.3 Å². The Labute approximate surface area is 180 Å². The van der Waals surface area contributed by atoms with Crippen molar-refractivity contribution in [3.8, 4) is 0 Å². The van der Waals surface area contributed by atoms with Crippen molar-refractivity contribution in [1.29, 1.82) is 0 Å². The van der Waals surface area contributed by atoms with Gasteiger partial charge in [0.2, 0.25) is 5.78 Å². The summed E-state index contributed by atoms with van der Waals surface area (Å²) < 4.78 is 39.6. The van der Waals surface area contributed by atoms with Crippen LogP contribution in [-0.4, -0.2) is 17.6 Å². The molecule has 0 unspecified atom stereocenters. The zero-order valence-electron chi connectivity index (χ0n) is 16.4. The third-order valence-corrected chi connectivity index (χ3v) is 4.88. The van der Waals surface area contributed by atoms with Crippen molar-refractivity contribution in [1.82, 2.24) is 5.32 Å². The molecule has 8 heteroatoms. The fourth-order valence-electron chi connectivity index (χ4n) is 3.21. The Morgan fingerprint density at radius 1 is 0.906 bits per heavy atom. The van der Waals surface area contributed by atoms with Crippen molar-refractivity contribution in [2.45, 2.75) is 6.54 Å². The van der Waals surface area contributed by atoms with E-state index in [0.717, 1.165) is 18.2 Å². The Bertz CT molecular complexity index is 1280. The summed E-state index contributed by atoms with van der Waals surface area (Å²) in [5, 5.41) is 5.23. The normalized spacial score (nSPS) is 14.2. The number of nitrogens with one attached hydrogen (secondary N) is 2. The van der Waals surface area contributed by atoms with Crippen LogP contribution in [0.1, 0.15) is 31.8 Å². The Hall–Kier alpha value is -4.20. The van der Waals surface area contributed by atoms with E-state index in [1.165, 1.54) is 48.5 Å². The van der Waals surface area contributed by atoms with Crippen LogP contribution < -0.4 is 10.6 Å². The number of anilines is 1. The maximum atomic E-state index is 13.5. The first-order chi connectivity index (χ1) is 15.3. The largest absolute Gasteiger partial charge is 0.348 e. The highest BCUT2D eigenvalue weighted by Gasteiger charge is 2.29. The summed E-state index contributed by atoms with van der Waals surface area (Å²) in [6, 6.07) is 12.9. The zero-order valence-corrected chi connectivity index (χ0v) is 16.4. The van der Waals surface area contributed by atoms with E-state index in [-0.39, 0.29) is 40.3 Å². The number of Topliss-reactive ketones (excluding diaryl/α,β-unsaturated/α-hetero) is 1. The number of carbonyl (C=O) groups excluding carboxylic acids is 3. The number of ketones is 1. The summed E-state index contributed by atoms with van der Waals surface area (Å²) in [6.07, 6.45) is 1.16. The van der Waals surface area contributed by atoms with Crippen LogP contribution in [0.25, 0.3) is 6.08 Å². The SMILES string of the molecule is O=C1Nc2ccc(C(=O)NCc3ccc(F)cc3)cc2C(=O)/C1=C/c1ccc(F)c(F)c1. The zero-order chi connectivity index (χ0) is 22.8. The molecule has 3 aromatic carbocycles. The molecule has 0 aromatic heterocycles. The van der Waals surface area contributed by atoms with Gasteiger partial charge in [0.15, 0.2) is 11.6 Å². The molecule has 2 amide bonds. The highest BCUT2D eigenvalue weighted by molar-refractivity contribution is 6.36. The number of fused-ring (bicyclic) bond motifs is 1. The van der Waals surface area contributed by atoms with E-state index in [2.05, 4.69) is 10.6 Å². The van der Waals surface area contributed by atoms with Gasteiger partial charge in [-0.25, -0.2) is 13.2 Å². The van der Waals surface area contributed by atoms with Gasteiger partial charge in [-0.05, 0) is 59.7 Å². The molecular weight excluding hydrogens is 421 g/mol. The summed E-state index contributed by atoms with van der Waals surface area (Å²) in [5.74, 6) is -4.35. The lowest BCUT2D eigenvalue weighted by molar-refractivity contribution is -0.112. The van der Waals surface area contributed by atoms with Crippen LogP contribution in [0.15, 0.2) is 66.2 Å². The number of hydrogen-bond donors (Lipinski definition) is 2. The standard InChI is InChI=1S/C24H15F3N2O3/c25-16-5-1-13(2-6-16)12-28-23(31)15-4-8-21-17(11-15)22(30)18(24(32)29-21)9-14-3-7-19(26)20(27)10-14/h1-11H,12H2,(H,28,31)(H,29,32)/b18-9-. The lowest BCUT2D eigenvalue weighted by Crippen LogP contribution is -2.28. The lowest BCUT2D eigenvalue weighted by atomic mass is 9.93. The number of hydrogen-bond acceptors (Lipinski definition) is 3. The molecule has 1 heterocycles. The first kappa shape index (κ1) is 21.0. The molecule has 3 aromatic rings. The van der Waals surface area contributed by atoms with Crippen LogP contribution in [0.2, 0.25) is 0 Å². The first-order valence-corrected chi connectivity index (χ1v) is 9.51. The Morgan fingerprint density at radius 3 is 2.38 bits per heavy atom. The quantitative estimate of drug-likeness (QED) is 0.474. The molecule has 1 aliphatic rings. The molecule has 1 aliphatic heterocycles. The molecule has 0 fully saturated rings. The van der Waals surface area contributed by atoms with E-state index < -0.39 is 29.2 Å². The van der Waals surface area contributed by atoms with Crippen LogP contribution in [0, 0.1) is 17.5 Å².